The second-order valence-corrected chi connectivity index (χ2v) is 8.10. The monoisotopic (exact) mass is 475 g/mol. The lowest BCUT2D eigenvalue weighted by Crippen LogP contribution is -2.28. The lowest BCUT2D eigenvalue weighted by molar-refractivity contribution is -0.119. The molecule has 1 aromatic heterocycles. The molecule has 1 atom stereocenters. The van der Waals surface area contributed by atoms with Crippen molar-refractivity contribution in [1.29, 1.82) is 0 Å². The molecule has 8 heteroatoms. The van der Waals surface area contributed by atoms with E-state index in [1.807, 2.05) is 60.2 Å². The lowest BCUT2D eigenvalue weighted by atomic mass is 10.1. The fourth-order valence-electron chi connectivity index (χ4n) is 2.86. The number of hydrogen-bond acceptors (Lipinski definition) is 5. The van der Waals surface area contributed by atoms with Crippen molar-refractivity contribution in [1.82, 2.24) is 14.9 Å². The van der Waals surface area contributed by atoms with E-state index in [9.17, 15) is 4.79 Å². The summed E-state index contributed by atoms with van der Waals surface area (Å²) < 4.78 is 13.7. The van der Waals surface area contributed by atoms with Gasteiger partial charge in [-0.25, -0.2) is 4.98 Å². The number of nitrogens with zero attached hydrogens (tertiary/aromatic N) is 2. The Bertz CT molecular complexity index is 976. The summed E-state index contributed by atoms with van der Waals surface area (Å²) in [4.78, 5) is 16.9. The number of benzene rings is 2. The van der Waals surface area contributed by atoms with Gasteiger partial charge in [0, 0.05) is 28.1 Å². The number of thioether (sulfide) groups is 1. The highest BCUT2D eigenvalue weighted by Gasteiger charge is 2.16. The Morgan fingerprint density at radius 2 is 1.97 bits per heavy atom. The molecule has 0 aliphatic heterocycles. The Morgan fingerprint density at radius 1 is 1.21 bits per heavy atom. The number of methoxy groups -OCH3 is 2. The van der Waals surface area contributed by atoms with Gasteiger partial charge in [0.15, 0.2) is 5.16 Å². The maximum atomic E-state index is 12.5. The summed E-state index contributed by atoms with van der Waals surface area (Å²) in [5, 5.41) is 3.77. The highest BCUT2D eigenvalue weighted by atomic mass is 79.9. The second-order valence-electron chi connectivity index (χ2n) is 6.24. The van der Waals surface area contributed by atoms with E-state index in [0.29, 0.717) is 11.5 Å². The minimum absolute atomic E-state index is 0.0854. The van der Waals surface area contributed by atoms with Gasteiger partial charge in [-0.05, 0) is 49.4 Å². The summed E-state index contributed by atoms with van der Waals surface area (Å²) in [6.45, 7) is 1.92. The van der Waals surface area contributed by atoms with Crippen LogP contribution in [0.3, 0.4) is 0 Å². The van der Waals surface area contributed by atoms with Gasteiger partial charge in [-0.15, -0.1) is 0 Å². The number of rotatable bonds is 8. The van der Waals surface area contributed by atoms with Crippen LogP contribution in [-0.4, -0.2) is 35.4 Å². The normalized spacial score (nSPS) is 11.7. The Morgan fingerprint density at radius 3 is 2.66 bits per heavy atom. The quantitative estimate of drug-likeness (QED) is 0.481. The molecule has 0 fully saturated rings. The van der Waals surface area contributed by atoms with Crippen molar-refractivity contribution in [2.45, 2.75) is 18.1 Å². The number of carbonyl (C=O) groups is 1. The average molecular weight is 476 g/mol. The van der Waals surface area contributed by atoms with Gasteiger partial charge < -0.3 is 14.8 Å². The van der Waals surface area contributed by atoms with Gasteiger partial charge in [-0.3, -0.25) is 9.36 Å². The highest BCUT2D eigenvalue weighted by Crippen LogP contribution is 2.29. The van der Waals surface area contributed by atoms with Crippen molar-refractivity contribution in [2.24, 2.45) is 0 Å². The Labute approximate surface area is 182 Å². The van der Waals surface area contributed by atoms with Crippen LogP contribution in [0.2, 0.25) is 0 Å². The maximum absolute atomic E-state index is 12.5. The van der Waals surface area contributed by atoms with E-state index in [4.69, 9.17) is 9.47 Å². The molecule has 2 aromatic carbocycles. The summed E-state index contributed by atoms with van der Waals surface area (Å²) in [7, 11) is 3.22. The molecule has 0 aliphatic carbocycles. The standard InChI is InChI=1S/C21H22BrN3O3S/c1-14(18-12-17(27-2)8-9-19(18)28-3)24-20(26)13-29-21-23-10-11-25(21)16-6-4-15(22)5-7-16/h4-12,14H,13H2,1-3H3,(H,24,26). The fourth-order valence-corrected chi connectivity index (χ4v) is 3.91. The first-order valence-corrected chi connectivity index (χ1v) is 10.7. The average Bonchev–Trinajstić information content (AvgIpc) is 3.20. The summed E-state index contributed by atoms with van der Waals surface area (Å²) in [6, 6.07) is 13.2. The van der Waals surface area contributed by atoms with Gasteiger partial charge in [0.05, 0.1) is 26.0 Å². The minimum Gasteiger partial charge on any atom is -0.497 e. The topological polar surface area (TPSA) is 65.4 Å². The molecule has 0 aliphatic rings. The van der Waals surface area contributed by atoms with E-state index >= 15 is 0 Å². The molecule has 29 heavy (non-hydrogen) atoms. The zero-order valence-corrected chi connectivity index (χ0v) is 18.8. The highest BCUT2D eigenvalue weighted by molar-refractivity contribution is 9.10. The second kappa shape index (κ2) is 9.84. The molecular weight excluding hydrogens is 454 g/mol. The van der Waals surface area contributed by atoms with E-state index in [0.717, 1.165) is 20.9 Å². The number of carbonyl (C=O) groups excluding carboxylic acids is 1. The number of hydrogen-bond donors (Lipinski definition) is 1. The smallest absolute Gasteiger partial charge is 0.230 e. The van der Waals surface area contributed by atoms with Crippen LogP contribution in [0.25, 0.3) is 5.69 Å². The molecule has 0 saturated heterocycles. The molecule has 1 heterocycles. The molecule has 1 N–H and O–H groups in total. The van der Waals surface area contributed by atoms with Crippen molar-refractivity contribution in [3.05, 3.63) is 64.9 Å². The zero-order chi connectivity index (χ0) is 20.8. The molecule has 1 unspecified atom stereocenters. The van der Waals surface area contributed by atoms with Gasteiger partial charge >= 0.3 is 0 Å². The molecule has 3 aromatic rings. The first kappa shape index (κ1) is 21.3. The molecule has 6 nitrogen and oxygen atoms in total. The third-order valence-electron chi connectivity index (χ3n) is 4.32. The van der Waals surface area contributed by atoms with Crippen molar-refractivity contribution in [2.75, 3.05) is 20.0 Å². The summed E-state index contributed by atoms with van der Waals surface area (Å²) in [6.07, 6.45) is 3.61. The SMILES string of the molecule is COc1ccc(OC)c(C(C)NC(=O)CSc2nccn2-c2ccc(Br)cc2)c1. The van der Waals surface area contributed by atoms with Crippen molar-refractivity contribution in [3.8, 4) is 17.2 Å². The van der Waals surface area contributed by atoms with Crippen LogP contribution in [0.4, 0.5) is 0 Å². The molecule has 0 bridgehead atoms. The maximum Gasteiger partial charge on any atom is 0.230 e. The molecule has 152 valence electrons. The third kappa shape index (κ3) is 5.33. The third-order valence-corrected chi connectivity index (χ3v) is 5.82. The van der Waals surface area contributed by atoms with Crippen LogP contribution in [0, 0.1) is 0 Å². The summed E-state index contributed by atoms with van der Waals surface area (Å²) >= 11 is 4.83. The number of amides is 1. The largest absolute Gasteiger partial charge is 0.497 e. The van der Waals surface area contributed by atoms with E-state index in [2.05, 4.69) is 26.2 Å². The number of aromatic nitrogens is 2. The van der Waals surface area contributed by atoms with Crippen LogP contribution < -0.4 is 14.8 Å². The Hall–Kier alpha value is -2.45. The lowest BCUT2D eigenvalue weighted by Gasteiger charge is -2.18. The number of halogens is 1. The first-order chi connectivity index (χ1) is 14.0. The van der Waals surface area contributed by atoms with Gasteiger partial charge in [0.25, 0.3) is 0 Å². The van der Waals surface area contributed by atoms with Gasteiger partial charge in [-0.2, -0.15) is 0 Å². The summed E-state index contributed by atoms with van der Waals surface area (Å²) in [5.41, 5.74) is 1.85. The van der Waals surface area contributed by atoms with Crippen LogP contribution >= 0.6 is 27.7 Å². The van der Waals surface area contributed by atoms with Crippen molar-refractivity contribution in [3.63, 3.8) is 0 Å². The van der Waals surface area contributed by atoms with E-state index in [1.165, 1.54) is 11.8 Å². The van der Waals surface area contributed by atoms with Crippen molar-refractivity contribution < 1.29 is 14.3 Å². The predicted molar refractivity (Wildman–Crippen MR) is 118 cm³/mol. The number of ether oxygens (including phenoxy) is 2. The predicted octanol–water partition coefficient (Wildman–Crippen LogP) is 4.62. The van der Waals surface area contributed by atoms with E-state index in [1.54, 1.807) is 20.4 Å². The fraction of sp³-hybridized carbons (Fsp3) is 0.238. The number of nitrogens with one attached hydrogen (secondary N) is 1. The molecule has 3 rings (SSSR count). The van der Waals surface area contributed by atoms with Crippen LogP contribution in [-0.2, 0) is 4.79 Å². The van der Waals surface area contributed by atoms with E-state index < -0.39 is 0 Å². The Kier molecular flexibility index (Phi) is 7.22. The first-order valence-electron chi connectivity index (χ1n) is 8.95. The van der Waals surface area contributed by atoms with Crippen LogP contribution in [0.5, 0.6) is 11.5 Å². The molecular formula is C21H22BrN3O3S. The van der Waals surface area contributed by atoms with Gasteiger partial charge in [0.2, 0.25) is 5.91 Å². The Balaban J connectivity index is 1.64. The molecule has 0 spiro atoms. The molecule has 1 amide bonds. The van der Waals surface area contributed by atoms with Crippen LogP contribution in [0.1, 0.15) is 18.5 Å². The zero-order valence-electron chi connectivity index (χ0n) is 16.4. The van der Waals surface area contributed by atoms with Gasteiger partial charge in [-0.1, -0.05) is 27.7 Å². The van der Waals surface area contributed by atoms with E-state index in [-0.39, 0.29) is 17.7 Å². The molecule has 0 saturated carbocycles. The van der Waals surface area contributed by atoms with Gasteiger partial charge in [0.1, 0.15) is 11.5 Å². The molecule has 0 radical (unpaired) electrons. The summed E-state index contributed by atoms with van der Waals surface area (Å²) in [5.74, 6) is 1.59. The minimum atomic E-state index is -0.223. The van der Waals surface area contributed by atoms with Crippen LogP contribution in [0.15, 0.2) is 64.5 Å². The van der Waals surface area contributed by atoms with Crippen molar-refractivity contribution >= 4 is 33.6 Å². The number of imidazole rings is 1.